The molecule has 6 nitrogen and oxygen atoms in total. The molecular weight excluding hydrogens is 188 g/mol. The number of hydrogen-bond donors (Lipinski definition) is 3. The molecule has 14 heavy (non-hydrogen) atoms. The quantitative estimate of drug-likeness (QED) is 0.498. The van der Waals surface area contributed by atoms with Crippen molar-refractivity contribution in [3.05, 3.63) is 0 Å². The van der Waals surface area contributed by atoms with Crippen LogP contribution in [0.2, 0.25) is 0 Å². The lowest BCUT2D eigenvalue weighted by atomic mass is 10.1. The molecule has 4 N–H and O–H groups in total. The number of aliphatic carboxylic acids is 1. The fraction of sp³-hybridized carbons (Fsp3) is 0.750. The molecule has 0 radical (unpaired) electrons. The summed E-state index contributed by atoms with van der Waals surface area (Å²) < 4.78 is 0. The van der Waals surface area contributed by atoms with Gasteiger partial charge in [-0.1, -0.05) is 6.92 Å². The Hall–Kier alpha value is -1.14. The number of nitrogens with zero attached hydrogens (tertiary/aromatic N) is 1. The number of nitrogens with two attached hydrogens (primary N) is 1. The van der Waals surface area contributed by atoms with Crippen molar-refractivity contribution in [3.63, 3.8) is 0 Å². The zero-order valence-electron chi connectivity index (χ0n) is 8.14. The summed E-state index contributed by atoms with van der Waals surface area (Å²) >= 11 is 0. The minimum Gasteiger partial charge on any atom is -0.480 e. The molecule has 1 atom stereocenters. The molecule has 6 heteroatoms. The summed E-state index contributed by atoms with van der Waals surface area (Å²) in [5, 5.41) is 18.7. The van der Waals surface area contributed by atoms with Crippen molar-refractivity contribution in [2.45, 2.75) is 32.2 Å². The maximum absolute atomic E-state index is 10.7. The SMILES string of the molecule is CCCN(O)C(CCC(N)=O)C(=O)O. The highest BCUT2D eigenvalue weighted by Gasteiger charge is 2.23. The Kier molecular flexibility index (Phi) is 5.82. The molecule has 1 unspecified atom stereocenters. The van der Waals surface area contributed by atoms with Crippen molar-refractivity contribution in [2.75, 3.05) is 6.54 Å². The van der Waals surface area contributed by atoms with E-state index < -0.39 is 17.9 Å². The molecule has 0 heterocycles. The van der Waals surface area contributed by atoms with Gasteiger partial charge in [0.15, 0.2) is 0 Å². The highest BCUT2D eigenvalue weighted by atomic mass is 16.5. The Morgan fingerprint density at radius 2 is 2.07 bits per heavy atom. The van der Waals surface area contributed by atoms with Crippen molar-refractivity contribution >= 4 is 11.9 Å². The summed E-state index contributed by atoms with van der Waals surface area (Å²) in [6.07, 6.45) is 0.621. The standard InChI is InChI=1S/C8H16N2O4/c1-2-5-10(14)6(8(12)13)3-4-7(9)11/h6,14H,2-5H2,1H3,(H2,9,11)(H,12,13). The Morgan fingerprint density at radius 1 is 1.50 bits per heavy atom. The number of amides is 1. The van der Waals surface area contributed by atoms with Crippen LogP contribution in [0.4, 0.5) is 0 Å². The zero-order valence-corrected chi connectivity index (χ0v) is 8.14. The lowest BCUT2D eigenvalue weighted by Gasteiger charge is -2.21. The van der Waals surface area contributed by atoms with Gasteiger partial charge < -0.3 is 16.0 Å². The fourth-order valence-electron chi connectivity index (χ4n) is 1.06. The second kappa shape index (κ2) is 6.33. The van der Waals surface area contributed by atoms with E-state index in [4.69, 9.17) is 10.8 Å². The van der Waals surface area contributed by atoms with Crippen molar-refractivity contribution in [3.8, 4) is 0 Å². The van der Waals surface area contributed by atoms with Crippen LogP contribution in [0.25, 0.3) is 0 Å². The second-order valence-corrected chi connectivity index (χ2v) is 3.02. The Labute approximate surface area is 82.3 Å². The van der Waals surface area contributed by atoms with Gasteiger partial charge in [0.2, 0.25) is 5.91 Å². The predicted octanol–water partition coefficient (Wildman–Crippen LogP) is -0.194. The van der Waals surface area contributed by atoms with Gasteiger partial charge in [-0.2, -0.15) is 5.06 Å². The van der Waals surface area contributed by atoms with E-state index in [-0.39, 0.29) is 19.4 Å². The summed E-state index contributed by atoms with van der Waals surface area (Å²) in [5.74, 6) is -1.72. The van der Waals surface area contributed by atoms with Gasteiger partial charge in [-0.3, -0.25) is 9.59 Å². The molecule has 0 aromatic rings. The van der Waals surface area contributed by atoms with Crippen molar-refractivity contribution in [2.24, 2.45) is 5.73 Å². The number of carboxylic acid groups (broad SMARTS) is 1. The van der Waals surface area contributed by atoms with Gasteiger partial charge in [0, 0.05) is 13.0 Å². The molecule has 0 aliphatic rings. The van der Waals surface area contributed by atoms with E-state index in [9.17, 15) is 14.8 Å². The third-order valence-corrected chi connectivity index (χ3v) is 1.76. The van der Waals surface area contributed by atoms with Crippen LogP contribution in [0, 0.1) is 0 Å². The van der Waals surface area contributed by atoms with Crippen molar-refractivity contribution in [1.29, 1.82) is 0 Å². The summed E-state index contributed by atoms with van der Waals surface area (Å²) in [7, 11) is 0. The number of carboxylic acids is 1. The Balaban J connectivity index is 4.14. The van der Waals surface area contributed by atoms with Crippen molar-refractivity contribution in [1.82, 2.24) is 5.06 Å². The second-order valence-electron chi connectivity index (χ2n) is 3.02. The normalized spacial score (nSPS) is 12.8. The zero-order chi connectivity index (χ0) is 11.1. The molecule has 0 rings (SSSR count). The molecule has 0 aliphatic heterocycles. The molecule has 0 aromatic carbocycles. The van der Waals surface area contributed by atoms with E-state index in [0.717, 1.165) is 5.06 Å². The fourth-order valence-corrected chi connectivity index (χ4v) is 1.06. The maximum atomic E-state index is 10.7. The van der Waals surface area contributed by atoms with Gasteiger partial charge in [-0.25, -0.2) is 0 Å². The van der Waals surface area contributed by atoms with E-state index in [1.165, 1.54) is 0 Å². The molecular formula is C8H16N2O4. The first-order valence-electron chi connectivity index (χ1n) is 4.45. The Bertz CT molecular complexity index is 208. The van der Waals surface area contributed by atoms with Gasteiger partial charge in [-0.15, -0.1) is 0 Å². The van der Waals surface area contributed by atoms with Crippen LogP contribution >= 0.6 is 0 Å². The first kappa shape index (κ1) is 12.9. The van der Waals surface area contributed by atoms with Crippen molar-refractivity contribution < 1.29 is 19.9 Å². The summed E-state index contributed by atoms with van der Waals surface area (Å²) in [5.41, 5.74) is 4.88. The van der Waals surface area contributed by atoms with Crippen LogP contribution < -0.4 is 5.73 Å². The molecule has 0 aliphatic carbocycles. The third kappa shape index (κ3) is 4.78. The van der Waals surface area contributed by atoms with Crippen LogP contribution in [-0.4, -0.2) is 39.8 Å². The summed E-state index contributed by atoms with van der Waals surface area (Å²) in [6.45, 7) is 2.08. The van der Waals surface area contributed by atoms with Crippen LogP contribution in [0.1, 0.15) is 26.2 Å². The number of hydrogen-bond acceptors (Lipinski definition) is 4. The largest absolute Gasteiger partial charge is 0.480 e. The van der Waals surface area contributed by atoms with Crippen LogP contribution in [0.5, 0.6) is 0 Å². The van der Waals surface area contributed by atoms with Gasteiger partial charge in [0.1, 0.15) is 6.04 Å². The monoisotopic (exact) mass is 204 g/mol. The molecule has 0 saturated heterocycles. The number of hydroxylamine groups is 2. The topological polar surface area (TPSA) is 104 Å². The molecule has 0 bridgehead atoms. The van der Waals surface area contributed by atoms with E-state index in [1.54, 1.807) is 0 Å². The lowest BCUT2D eigenvalue weighted by Crippen LogP contribution is -2.40. The average Bonchev–Trinajstić information content (AvgIpc) is 2.03. The van der Waals surface area contributed by atoms with E-state index >= 15 is 0 Å². The molecule has 0 aromatic heterocycles. The molecule has 0 fully saturated rings. The minimum atomic E-state index is -1.15. The number of carbonyl (C=O) groups excluding carboxylic acids is 1. The third-order valence-electron chi connectivity index (χ3n) is 1.76. The smallest absolute Gasteiger partial charge is 0.323 e. The van der Waals surface area contributed by atoms with Gasteiger partial charge in [-0.05, 0) is 12.8 Å². The van der Waals surface area contributed by atoms with E-state index in [1.807, 2.05) is 6.92 Å². The van der Waals surface area contributed by atoms with E-state index in [0.29, 0.717) is 6.42 Å². The van der Waals surface area contributed by atoms with Crippen LogP contribution in [0.15, 0.2) is 0 Å². The first-order chi connectivity index (χ1) is 6.49. The number of primary amides is 1. The van der Waals surface area contributed by atoms with Crippen LogP contribution in [-0.2, 0) is 9.59 Å². The lowest BCUT2D eigenvalue weighted by molar-refractivity contribution is -0.170. The predicted molar refractivity (Wildman–Crippen MR) is 48.6 cm³/mol. The highest BCUT2D eigenvalue weighted by molar-refractivity contribution is 5.77. The van der Waals surface area contributed by atoms with Gasteiger partial charge in [0.05, 0.1) is 0 Å². The first-order valence-corrected chi connectivity index (χ1v) is 4.45. The van der Waals surface area contributed by atoms with Gasteiger partial charge >= 0.3 is 5.97 Å². The molecule has 0 saturated carbocycles. The summed E-state index contributed by atoms with van der Waals surface area (Å²) in [4.78, 5) is 21.1. The highest BCUT2D eigenvalue weighted by Crippen LogP contribution is 2.05. The number of rotatable bonds is 7. The average molecular weight is 204 g/mol. The molecule has 1 amide bonds. The van der Waals surface area contributed by atoms with Gasteiger partial charge in [0.25, 0.3) is 0 Å². The number of carbonyl (C=O) groups is 2. The maximum Gasteiger partial charge on any atom is 0.323 e. The minimum absolute atomic E-state index is 0.0289. The summed E-state index contributed by atoms with van der Waals surface area (Å²) in [6, 6.07) is -1.05. The van der Waals surface area contributed by atoms with E-state index in [2.05, 4.69) is 0 Å². The van der Waals surface area contributed by atoms with Crippen LogP contribution in [0.3, 0.4) is 0 Å². The molecule has 0 spiro atoms. The Morgan fingerprint density at radius 3 is 2.43 bits per heavy atom. The molecule has 82 valence electrons.